The molecule has 6 heteroatoms. The second-order valence-corrected chi connectivity index (χ2v) is 9.95. The molecule has 172 valence electrons. The van der Waals surface area contributed by atoms with Crippen LogP contribution in [0.3, 0.4) is 0 Å². The van der Waals surface area contributed by atoms with E-state index in [1.54, 1.807) is 7.11 Å². The zero-order valence-corrected chi connectivity index (χ0v) is 19.4. The molecule has 4 rings (SSSR count). The lowest BCUT2D eigenvalue weighted by atomic mass is 9.87. The van der Waals surface area contributed by atoms with Gasteiger partial charge in [0.15, 0.2) is 0 Å². The number of carbonyl (C=O) groups excluding carboxylic acids is 1. The van der Waals surface area contributed by atoms with E-state index in [4.69, 9.17) is 14.2 Å². The summed E-state index contributed by atoms with van der Waals surface area (Å²) in [5.74, 6) is 2.19. The Morgan fingerprint density at radius 3 is 2.55 bits per heavy atom. The van der Waals surface area contributed by atoms with E-state index in [0.29, 0.717) is 17.2 Å². The van der Waals surface area contributed by atoms with Crippen molar-refractivity contribution in [2.75, 3.05) is 46.4 Å². The van der Waals surface area contributed by atoms with Crippen molar-refractivity contribution in [3.05, 3.63) is 23.8 Å². The van der Waals surface area contributed by atoms with Gasteiger partial charge in [0, 0.05) is 45.4 Å². The fraction of sp³-hybridized carbons (Fsp3) is 0.720. The lowest BCUT2D eigenvalue weighted by molar-refractivity contribution is -0.0782. The molecular weight excluding hydrogens is 392 g/mol. The summed E-state index contributed by atoms with van der Waals surface area (Å²) >= 11 is 0. The lowest BCUT2D eigenvalue weighted by Gasteiger charge is -2.39. The van der Waals surface area contributed by atoms with Crippen molar-refractivity contribution in [2.24, 2.45) is 5.92 Å². The van der Waals surface area contributed by atoms with E-state index in [0.717, 1.165) is 83.6 Å². The van der Waals surface area contributed by atoms with Gasteiger partial charge in [0.05, 0.1) is 18.3 Å². The highest BCUT2D eigenvalue weighted by atomic mass is 16.5. The number of amides is 1. The average molecular weight is 431 g/mol. The second kappa shape index (κ2) is 9.78. The molecule has 0 aromatic heterocycles. The third-order valence-corrected chi connectivity index (χ3v) is 6.96. The van der Waals surface area contributed by atoms with Crippen LogP contribution in [-0.2, 0) is 4.74 Å². The third kappa shape index (κ3) is 5.72. The summed E-state index contributed by atoms with van der Waals surface area (Å²) in [4.78, 5) is 17.5. The molecule has 3 saturated heterocycles. The molecule has 1 aromatic carbocycles. The molecule has 3 aliphatic heterocycles. The Morgan fingerprint density at radius 1 is 1.13 bits per heavy atom. The van der Waals surface area contributed by atoms with E-state index < -0.39 is 0 Å². The van der Waals surface area contributed by atoms with Gasteiger partial charge in [0.25, 0.3) is 5.91 Å². The van der Waals surface area contributed by atoms with Crippen LogP contribution in [0.1, 0.15) is 62.7 Å². The van der Waals surface area contributed by atoms with E-state index >= 15 is 0 Å². The summed E-state index contributed by atoms with van der Waals surface area (Å²) in [7, 11) is 1.65. The fourth-order valence-corrected chi connectivity index (χ4v) is 5.26. The van der Waals surface area contributed by atoms with Gasteiger partial charge >= 0.3 is 0 Å². The highest BCUT2D eigenvalue weighted by Crippen LogP contribution is 2.32. The van der Waals surface area contributed by atoms with Gasteiger partial charge < -0.3 is 24.0 Å². The maximum Gasteiger partial charge on any atom is 0.257 e. The van der Waals surface area contributed by atoms with Crippen LogP contribution in [0.5, 0.6) is 11.5 Å². The number of benzene rings is 1. The van der Waals surface area contributed by atoms with Crippen LogP contribution >= 0.6 is 0 Å². The van der Waals surface area contributed by atoms with Crippen molar-refractivity contribution >= 4 is 5.91 Å². The summed E-state index contributed by atoms with van der Waals surface area (Å²) in [6, 6.07) is 5.59. The Hall–Kier alpha value is -1.79. The fourth-order valence-electron chi connectivity index (χ4n) is 5.26. The summed E-state index contributed by atoms with van der Waals surface area (Å²) < 4.78 is 17.7. The number of carbonyl (C=O) groups is 1. The number of ether oxygens (including phenoxy) is 3. The predicted molar refractivity (Wildman–Crippen MR) is 121 cm³/mol. The van der Waals surface area contributed by atoms with Crippen molar-refractivity contribution in [3.63, 3.8) is 0 Å². The van der Waals surface area contributed by atoms with Crippen LogP contribution in [0.25, 0.3) is 0 Å². The maximum absolute atomic E-state index is 13.0. The number of hydrogen-bond donors (Lipinski definition) is 0. The summed E-state index contributed by atoms with van der Waals surface area (Å²) in [6.07, 6.45) is 6.57. The van der Waals surface area contributed by atoms with E-state index in [1.165, 1.54) is 0 Å². The molecule has 1 amide bonds. The zero-order valence-electron chi connectivity index (χ0n) is 19.4. The van der Waals surface area contributed by atoms with E-state index in [9.17, 15) is 4.79 Å². The highest BCUT2D eigenvalue weighted by molar-refractivity contribution is 5.97. The minimum absolute atomic E-state index is 0.00892. The van der Waals surface area contributed by atoms with Crippen LogP contribution in [0.15, 0.2) is 18.2 Å². The van der Waals surface area contributed by atoms with Gasteiger partial charge in [-0.1, -0.05) is 0 Å². The van der Waals surface area contributed by atoms with Gasteiger partial charge in [-0.05, 0) is 70.4 Å². The quantitative estimate of drug-likeness (QED) is 0.683. The molecule has 0 saturated carbocycles. The van der Waals surface area contributed by atoms with Gasteiger partial charge in [-0.3, -0.25) is 4.79 Å². The van der Waals surface area contributed by atoms with Crippen molar-refractivity contribution in [1.29, 1.82) is 0 Å². The van der Waals surface area contributed by atoms with Gasteiger partial charge in [-0.2, -0.15) is 0 Å². The van der Waals surface area contributed by atoms with Gasteiger partial charge in [-0.15, -0.1) is 0 Å². The number of piperidine rings is 1. The zero-order chi connectivity index (χ0) is 21.8. The van der Waals surface area contributed by atoms with Gasteiger partial charge in [-0.25, -0.2) is 0 Å². The highest BCUT2D eigenvalue weighted by Gasteiger charge is 2.31. The Balaban J connectivity index is 1.35. The molecule has 0 unspecified atom stereocenters. The summed E-state index contributed by atoms with van der Waals surface area (Å²) in [5, 5.41) is 0. The molecule has 0 radical (unpaired) electrons. The number of nitrogens with zero attached hydrogens (tertiary/aromatic N) is 2. The molecule has 31 heavy (non-hydrogen) atoms. The molecule has 3 heterocycles. The molecule has 0 spiro atoms. The Morgan fingerprint density at radius 2 is 1.87 bits per heavy atom. The predicted octanol–water partition coefficient (Wildman–Crippen LogP) is 3.98. The molecule has 0 N–H and O–H groups in total. The number of likely N-dealkylation sites (tertiary alicyclic amines) is 2. The van der Waals surface area contributed by atoms with Gasteiger partial charge in [0.1, 0.15) is 17.6 Å². The number of methoxy groups -OCH3 is 1. The van der Waals surface area contributed by atoms with Gasteiger partial charge in [0.2, 0.25) is 0 Å². The molecule has 3 aliphatic rings. The molecule has 1 aromatic rings. The summed E-state index contributed by atoms with van der Waals surface area (Å²) in [6.45, 7) is 10.2. The van der Waals surface area contributed by atoms with Crippen LogP contribution in [0.4, 0.5) is 0 Å². The van der Waals surface area contributed by atoms with Crippen molar-refractivity contribution in [2.45, 2.75) is 64.1 Å². The minimum atomic E-state index is 0.00892. The van der Waals surface area contributed by atoms with Crippen LogP contribution < -0.4 is 9.47 Å². The smallest absolute Gasteiger partial charge is 0.257 e. The minimum Gasteiger partial charge on any atom is -0.497 e. The first kappa shape index (κ1) is 22.4. The first-order valence-electron chi connectivity index (χ1n) is 11.9. The van der Waals surface area contributed by atoms with Crippen LogP contribution in [-0.4, -0.2) is 73.9 Å². The Labute approximate surface area is 186 Å². The standard InChI is InChI=1S/C25H38N2O4/c1-25(2)17-19(10-15-30-25)18-26-13-8-20(9-14-26)31-23-16-21(29-3)6-7-22(23)24(28)27-11-4-5-12-27/h6-7,16,19-20H,4-5,8-15,17-18H2,1-3H3/t19-/m1/s1. The Bertz CT molecular complexity index is 752. The first-order chi connectivity index (χ1) is 14.9. The van der Waals surface area contributed by atoms with Crippen molar-refractivity contribution in [3.8, 4) is 11.5 Å². The topological polar surface area (TPSA) is 51.2 Å². The molecule has 0 bridgehead atoms. The van der Waals surface area contributed by atoms with E-state index in [-0.39, 0.29) is 17.6 Å². The van der Waals surface area contributed by atoms with Crippen molar-refractivity contribution in [1.82, 2.24) is 9.80 Å². The second-order valence-electron chi connectivity index (χ2n) is 9.95. The monoisotopic (exact) mass is 430 g/mol. The molecule has 1 atom stereocenters. The van der Waals surface area contributed by atoms with Crippen molar-refractivity contribution < 1.29 is 19.0 Å². The molecule has 3 fully saturated rings. The van der Waals surface area contributed by atoms with Crippen LogP contribution in [0.2, 0.25) is 0 Å². The maximum atomic E-state index is 13.0. The third-order valence-electron chi connectivity index (χ3n) is 6.96. The van der Waals surface area contributed by atoms with Crippen LogP contribution in [0, 0.1) is 5.92 Å². The Kier molecular flexibility index (Phi) is 7.07. The van der Waals surface area contributed by atoms with E-state index in [1.807, 2.05) is 23.1 Å². The molecular formula is C25H38N2O4. The molecule has 0 aliphatic carbocycles. The largest absolute Gasteiger partial charge is 0.497 e. The first-order valence-corrected chi connectivity index (χ1v) is 11.9. The number of rotatable bonds is 6. The number of hydrogen-bond acceptors (Lipinski definition) is 5. The lowest BCUT2D eigenvalue weighted by Crippen LogP contribution is -2.44. The normalized spacial score (nSPS) is 24.9. The van der Waals surface area contributed by atoms with E-state index in [2.05, 4.69) is 18.7 Å². The summed E-state index contributed by atoms with van der Waals surface area (Å²) in [5.41, 5.74) is 0.671. The average Bonchev–Trinajstić information content (AvgIpc) is 3.29. The SMILES string of the molecule is COc1ccc(C(=O)N2CCCC2)c(OC2CCN(C[C@@H]3CCOC(C)(C)C3)CC2)c1. The molecule has 6 nitrogen and oxygen atoms in total.